The molecule has 4 rings (SSSR count). The van der Waals surface area contributed by atoms with Crippen LogP contribution in [0.5, 0.6) is 0 Å². The molecule has 0 fully saturated rings. The Morgan fingerprint density at radius 1 is 0.786 bits per heavy atom. The minimum Gasteiger partial charge on any atom is -0.457 e. The fraction of sp³-hybridized carbons (Fsp3) is 0.286. The van der Waals surface area contributed by atoms with Crippen LogP contribution in [-0.2, 0) is 20.0 Å². The lowest BCUT2D eigenvalue weighted by Gasteiger charge is -2.44. The average Bonchev–Trinajstić information content (AvgIpc) is 3.01. The summed E-state index contributed by atoms with van der Waals surface area (Å²) in [5.74, 6) is -0.281. The second-order valence-corrected chi connectivity index (χ2v) is 18.5. The van der Waals surface area contributed by atoms with E-state index in [0.29, 0.717) is 17.9 Å². The number of esters is 1. The van der Waals surface area contributed by atoms with E-state index in [0.717, 1.165) is 4.90 Å². The predicted molar refractivity (Wildman–Crippen MR) is 179 cm³/mol. The zero-order valence-corrected chi connectivity index (χ0v) is 28.0. The molecule has 0 aliphatic carbocycles. The maximum absolute atomic E-state index is 13.3. The van der Waals surface area contributed by atoms with E-state index in [9.17, 15) is 9.00 Å². The third-order valence-corrected chi connectivity index (χ3v) is 14.9. The van der Waals surface area contributed by atoms with Crippen molar-refractivity contribution in [2.45, 2.75) is 48.6 Å². The summed E-state index contributed by atoms with van der Waals surface area (Å²) in [5.41, 5.74) is 0.478. The van der Waals surface area contributed by atoms with Crippen LogP contribution in [0.25, 0.3) is 0 Å². The monoisotopic (exact) mass is 662 g/mol. The van der Waals surface area contributed by atoms with Crippen LogP contribution in [0.3, 0.4) is 0 Å². The predicted octanol–water partition coefficient (Wildman–Crippen LogP) is 7.00. The fourth-order valence-corrected chi connectivity index (χ4v) is 12.3. The molecule has 4 nitrogen and oxygen atoms in total. The van der Waals surface area contributed by atoms with Gasteiger partial charge in [0.05, 0.1) is 27.8 Å². The fourth-order valence-electron chi connectivity index (χ4n) is 5.38. The molecule has 0 saturated carbocycles. The highest BCUT2D eigenvalue weighted by molar-refractivity contribution is 9.09. The van der Waals surface area contributed by atoms with Gasteiger partial charge in [-0.15, -0.1) is 0 Å². The lowest BCUT2D eigenvalue weighted by molar-refractivity contribution is 0.0151. The van der Waals surface area contributed by atoms with Gasteiger partial charge < -0.3 is 9.16 Å². The second-order valence-electron chi connectivity index (χ2n) is 11.5. The molecule has 0 radical (unpaired) electrons. The molecule has 0 aliphatic rings. The molecule has 4 atom stereocenters. The molecule has 4 aromatic carbocycles. The number of carbonyl (C=O) groups is 1. The van der Waals surface area contributed by atoms with Crippen molar-refractivity contribution in [3.8, 4) is 0 Å². The van der Waals surface area contributed by atoms with Crippen LogP contribution in [0.1, 0.15) is 38.1 Å². The highest BCUT2D eigenvalue weighted by Crippen LogP contribution is 2.37. The molecule has 0 aromatic heterocycles. The second kappa shape index (κ2) is 14.6. The minimum atomic E-state index is -2.81. The first-order valence-electron chi connectivity index (χ1n) is 14.2. The first kappa shape index (κ1) is 32.1. The van der Waals surface area contributed by atoms with E-state index in [1.54, 1.807) is 12.1 Å². The Labute approximate surface area is 262 Å². The number of alkyl halides is 1. The van der Waals surface area contributed by atoms with Crippen LogP contribution >= 0.6 is 15.9 Å². The quantitative estimate of drug-likeness (QED) is 0.0932. The van der Waals surface area contributed by atoms with Crippen molar-refractivity contribution in [1.82, 2.24) is 0 Å². The van der Waals surface area contributed by atoms with Crippen LogP contribution in [0.15, 0.2) is 126 Å². The normalized spacial score (nSPS) is 14.9. The van der Waals surface area contributed by atoms with Gasteiger partial charge in [-0.2, -0.15) is 0 Å². The Hall–Kier alpha value is -2.84. The number of halogens is 1. The van der Waals surface area contributed by atoms with E-state index in [1.807, 2.05) is 67.6 Å². The van der Waals surface area contributed by atoms with Gasteiger partial charge in [0.25, 0.3) is 8.32 Å². The SMILES string of the molecule is C[C@H](CS(=O)c1ccccc1)[C@@H](OC(=O)c1ccccc1)[C@H](Br)CO[Si](c1ccccc1)(c1ccccc1)C(C)(C)C. The van der Waals surface area contributed by atoms with Crippen molar-refractivity contribution >= 4 is 51.4 Å². The maximum Gasteiger partial charge on any atom is 0.338 e. The summed E-state index contributed by atoms with van der Waals surface area (Å²) in [7, 11) is -4.06. The summed E-state index contributed by atoms with van der Waals surface area (Å²) >= 11 is 3.88. The Balaban J connectivity index is 1.65. The van der Waals surface area contributed by atoms with Gasteiger partial charge in [-0.05, 0) is 39.7 Å². The molecule has 0 spiro atoms. The summed E-state index contributed by atoms with van der Waals surface area (Å²) in [6.07, 6.45) is -0.580. The first-order chi connectivity index (χ1) is 20.1. The van der Waals surface area contributed by atoms with Gasteiger partial charge in [-0.1, -0.05) is 141 Å². The van der Waals surface area contributed by atoms with E-state index >= 15 is 0 Å². The van der Waals surface area contributed by atoms with Crippen LogP contribution in [0.4, 0.5) is 0 Å². The zero-order chi connectivity index (χ0) is 30.2. The van der Waals surface area contributed by atoms with Crippen molar-refractivity contribution in [2.75, 3.05) is 12.4 Å². The number of hydrogen-bond acceptors (Lipinski definition) is 4. The first-order valence-corrected chi connectivity index (χ1v) is 18.4. The number of ether oxygens (including phenoxy) is 1. The van der Waals surface area contributed by atoms with E-state index in [-0.39, 0.29) is 15.8 Å². The summed E-state index contributed by atoms with van der Waals surface area (Å²) in [4.78, 5) is 13.7. The molecular formula is C35H39BrO4SSi. The Bertz CT molecular complexity index is 1390. The van der Waals surface area contributed by atoms with Gasteiger partial charge in [0.2, 0.25) is 0 Å². The summed E-state index contributed by atoms with van der Waals surface area (Å²) in [5, 5.41) is 2.16. The molecule has 220 valence electrons. The smallest absolute Gasteiger partial charge is 0.338 e. The van der Waals surface area contributed by atoms with Crippen molar-refractivity contribution in [3.63, 3.8) is 0 Å². The molecule has 4 aromatic rings. The van der Waals surface area contributed by atoms with Crippen molar-refractivity contribution in [3.05, 3.63) is 127 Å². The van der Waals surface area contributed by atoms with E-state index < -0.39 is 31.2 Å². The van der Waals surface area contributed by atoms with Gasteiger partial charge in [0.15, 0.2) is 0 Å². The topological polar surface area (TPSA) is 52.6 Å². The number of hydrogen-bond donors (Lipinski definition) is 0. The van der Waals surface area contributed by atoms with Crippen LogP contribution < -0.4 is 10.4 Å². The van der Waals surface area contributed by atoms with Crippen LogP contribution in [0, 0.1) is 5.92 Å². The Morgan fingerprint density at radius 2 is 1.24 bits per heavy atom. The number of carbonyl (C=O) groups excluding carboxylic acids is 1. The minimum absolute atomic E-state index is 0.195. The number of rotatable bonds is 12. The third kappa shape index (κ3) is 7.56. The summed E-state index contributed by atoms with van der Waals surface area (Å²) in [6.45, 7) is 9.01. The molecule has 0 saturated heterocycles. The molecule has 0 amide bonds. The lowest BCUT2D eigenvalue weighted by Crippen LogP contribution is -2.67. The highest BCUT2D eigenvalue weighted by Gasteiger charge is 2.50. The summed E-state index contributed by atoms with van der Waals surface area (Å²) < 4.78 is 26.6. The lowest BCUT2D eigenvalue weighted by atomic mass is 10.0. The average molecular weight is 664 g/mol. The van der Waals surface area contributed by atoms with Gasteiger partial charge >= 0.3 is 5.97 Å². The Morgan fingerprint density at radius 3 is 1.71 bits per heavy atom. The van der Waals surface area contributed by atoms with Crippen molar-refractivity contribution in [2.24, 2.45) is 5.92 Å². The van der Waals surface area contributed by atoms with Crippen LogP contribution in [0.2, 0.25) is 5.04 Å². The number of benzene rings is 4. The molecule has 1 unspecified atom stereocenters. The highest BCUT2D eigenvalue weighted by atomic mass is 79.9. The van der Waals surface area contributed by atoms with E-state index in [1.165, 1.54) is 10.4 Å². The largest absolute Gasteiger partial charge is 0.457 e. The maximum atomic E-state index is 13.3. The molecule has 42 heavy (non-hydrogen) atoms. The third-order valence-electron chi connectivity index (χ3n) is 7.47. The molecule has 7 heteroatoms. The molecular weight excluding hydrogens is 624 g/mol. The van der Waals surface area contributed by atoms with E-state index in [2.05, 4.69) is 85.2 Å². The van der Waals surface area contributed by atoms with Gasteiger partial charge in [-0.3, -0.25) is 4.21 Å². The molecule has 0 N–H and O–H groups in total. The summed E-state index contributed by atoms with van der Waals surface area (Å²) in [6, 6.07) is 39.3. The van der Waals surface area contributed by atoms with Crippen LogP contribution in [-0.4, -0.2) is 41.8 Å². The Kier molecular flexibility index (Phi) is 11.1. The van der Waals surface area contributed by atoms with Crippen molar-refractivity contribution in [1.29, 1.82) is 0 Å². The molecule has 0 aliphatic heterocycles. The van der Waals surface area contributed by atoms with E-state index in [4.69, 9.17) is 9.16 Å². The van der Waals surface area contributed by atoms with Crippen molar-refractivity contribution < 1.29 is 18.2 Å². The van der Waals surface area contributed by atoms with Gasteiger partial charge in [-0.25, -0.2) is 4.79 Å². The zero-order valence-electron chi connectivity index (χ0n) is 24.6. The molecule has 0 heterocycles. The van der Waals surface area contributed by atoms with Gasteiger partial charge in [0, 0.05) is 16.6 Å². The van der Waals surface area contributed by atoms with Gasteiger partial charge in [0.1, 0.15) is 6.10 Å². The standard InChI is InChI=1S/C35H39BrO4SSi/c1-27(26-41(38)29-19-11-6-12-20-29)33(40-34(37)28-17-9-5-10-18-28)32(36)25-39-42(35(2,3)4,30-21-13-7-14-22-30)31-23-15-8-16-24-31/h5-24,27,32-33H,25-26H2,1-4H3/t27-,32-,33-,41?/m1/s1. The molecule has 0 bridgehead atoms.